The normalized spacial score (nSPS) is 15.4. The first-order valence-corrected chi connectivity index (χ1v) is 13.2. The predicted octanol–water partition coefficient (Wildman–Crippen LogP) is 7.85. The Hall–Kier alpha value is -2.92. The van der Waals surface area contributed by atoms with Gasteiger partial charge in [0, 0.05) is 51.9 Å². The molecular formula is C22H19F26N3O2. The van der Waals surface area contributed by atoms with E-state index in [9.17, 15) is 124 Å². The van der Waals surface area contributed by atoms with Crippen molar-refractivity contribution in [3.05, 3.63) is 0 Å². The van der Waals surface area contributed by atoms with E-state index in [1.807, 2.05) is 0 Å². The van der Waals surface area contributed by atoms with Gasteiger partial charge in [0.1, 0.15) is 0 Å². The molecule has 0 heterocycles. The molecule has 0 aliphatic carbocycles. The van der Waals surface area contributed by atoms with Crippen LogP contribution in [-0.2, 0) is 9.59 Å². The number of halogens is 26. The Labute approximate surface area is 276 Å². The van der Waals surface area contributed by atoms with Gasteiger partial charge >= 0.3 is 71.6 Å². The van der Waals surface area contributed by atoms with Crippen LogP contribution < -0.4 is 16.0 Å². The second kappa shape index (κ2) is 15.3. The lowest BCUT2D eigenvalue weighted by Crippen LogP contribution is -2.70. The molecule has 5 nitrogen and oxygen atoms in total. The van der Waals surface area contributed by atoms with Gasteiger partial charge < -0.3 is 16.0 Å². The molecule has 53 heavy (non-hydrogen) atoms. The minimum atomic E-state index is -8.15. The third-order valence-corrected chi connectivity index (χ3v) is 6.58. The maximum absolute atomic E-state index is 13.7. The minimum Gasteiger partial charge on any atom is -0.355 e. The van der Waals surface area contributed by atoms with Gasteiger partial charge in [-0.25, -0.2) is 0 Å². The zero-order valence-electron chi connectivity index (χ0n) is 24.8. The zero-order valence-corrected chi connectivity index (χ0v) is 24.8. The van der Waals surface area contributed by atoms with E-state index < -0.39 is 135 Å². The molecule has 0 unspecified atom stereocenters. The highest BCUT2D eigenvalue weighted by Crippen LogP contribution is 2.62. The van der Waals surface area contributed by atoms with Gasteiger partial charge in [-0.1, -0.05) is 0 Å². The highest BCUT2D eigenvalue weighted by atomic mass is 19.4. The SMILES string of the molecule is O=C(CCC(F)(F)C(F)(F)C(F)(F)C(F)(F)C(F)(F)C(F)(F)F)NCCNCCNC(=O)CCC(F)(F)C(F)(F)C(F)(F)C(F)(F)C(F)(F)C(F)(F)F. The van der Waals surface area contributed by atoms with Crippen molar-refractivity contribution in [2.75, 3.05) is 26.2 Å². The summed E-state index contributed by atoms with van der Waals surface area (Å²) < 4.78 is 340. The van der Waals surface area contributed by atoms with Crippen LogP contribution in [0.5, 0.6) is 0 Å². The number of carbonyl (C=O) groups excluding carboxylic acids is 2. The molecule has 0 aromatic heterocycles. The maximum atomic E-state index is 13.7. The lowest BCUT2D eigenvalue weighted by molar-refractivity contribution is -0.440. The number of carbonyl (C=O) groups is 2. The highest BCUT2D eigenvalue weighted by Gasteiger charge is 2.92. The summed E-state index contributed by atoms with van der Waals surface area (Å²) in [4.78, 5) is 23.0. The van der Waals surface area contributed by atoms with Crippen molar-refractivity contribution >= 4 is 11.8 Å². The molecule has 0 saturated carbocycles. The summed E-state index contributed by atoms with van der Waals surface area (Å²) in [7, 11) is 0. The van der Waals surface area contributed by atoms with E-state index in [4.69, 9.17) is 0 Å². The van der Waals surface area contributed by atoms with Gasteiger partial charge in [0.05, 0.1) is 0 Å². The van der Waals surface area contributed by atoms with Crippen LogP contribution in [0.15, 0.2) is 0 Å². The van der Waals surface area contributed by atoms with Crippen LogP contribution in [0.25, 0.3) is 0 Å². The van der Waals surface area contributed by atoms with E-state index in [1.165, 1.54) is 0 Å². The Morgan fingerprint density at radius 3 is 0.774 bits per heavy atom. The summed E-state index contributed by atoms with van der Waals surface area (Å²) >= 11 is 0. The summed E-state index contributed by atoms with van der Waals surface area (Å²) in [6.07, 6.45) is -24.9. The number of hydrogen-bond acceptors (Lipinski definition) is 3. The van der Waals surface area contributed by atoms with Crippen LogP contribution in [0, 0.1) is 0 Å². The van der Waals surface area contributed by atoms with Crippen molar-refractivity contribution in [3.63, 3.8) is 0 Å². The van der Waals surface area contributed by atoms with Crippen molar-refractivity contribution in [1.29, 1.82) is 0 Å². The molecule has 316 valence electrons. The second-order valence-corrected chi connectivity index (χ2v) is 10.4. The molecule has 0 fully saturated rings. The average Bonchev–Trinajstić information content (AvgIpc) is 2.96. The van der Waals surface area contributed by atoms with Gasteiger partial charge in [0.25, 0.3) is 0 Å². The van der Waals surface area contributed by atoms with E-state index in [1.54, 1.807) is 10.6 Å². The van der Waals surface area contributed by atoms with Crippen LogP contribution in [0.3, 0.4) is 0 Å². The van der Waals surface area contributed by atoms with Crippen LogP contribution in [-0.4, -0.2) is 110 Å². The van der Waals surface area contributed by atoms with Gasteiger partial charge in [-0.3, -0.25) is 9.59 Å². The summed E-state index contributed by atoms with van der Waals surface area (Å²) in [6, 6.07) is 0. The molecule has 0 aromatic rings. The first-order chi connectivity index (χ1) is 23.0. The molecular weight excluding hydrogens is 832 g/mol. The molecule has 0 rings (SSSR count). The number of rotatable bonds is 20. The summed E-state index contributed by atoms with van der Waals surface area (Å²) in [6.45, 7) is -2.73. The highest BCUT2D eigenvalue weighted by molar-refractivity contribution is 5.76. The Balaban J connectivity index is 4.99. The molecule has 31 heteroatoms. The van der Waals surface area contributed by atoms with E-state index in [2.05, 4.69) is 5.32 Å². The van der Waals surface area contributed by atoms with Crippen LogP contribution in [0.4, 0.5) is 114 Å². The molecule has 3 N–H and O–H groups in total. The third-order valence-electron chi connectivity index (χ3n) is 6.58. The van der Waals surface area contributed by atoms with Gasteiger partial charge in [-0.15, -0.1) is 0 Å². The Morgan fingerprint density at radius 1 is 0.321 bits per heavy atom. The third kappa shape index (κ3) is 9.14. The Morgan fingerprint density at radius 2 is 0.547 bits per heavy atom. The first-order valence-electron chi connectivity index (χ1n) is 13.2. The Bertz CT molecular complexity index is 1160. The van der Waals surface area contributed by atoms with E-state index in [-0.39, 0.29) is 0 Å². The fourth-order valence-corrected chi connectivity index (χ4v) is 3.34. The fraction of sp³-hybridized carbons (Fsp3) is 0.909. The predicted molar refractivity (Wildman–Crippen MR) is 119 cm³/mol. The summed E-state index contributed by atoms with van der Waals surface area (Å²) in [5.74, 6) is -80.3. The number of alkyl halides is 26. The second-order valence-electron chi connectivity index (χ2n) is 10.4. The molecule has 0 aliphatic rings. The molecule has 0 aromatic carbocycles. The van der Waals surface area contributed by atoms with E-state index in [0.29, 0.717) is 0 Å². The molecule has 0 bridgehead atoms. The van der Waals surface area contributed by atoms with E-state index in [0.717, 1.165) is 0 Å². The van der Waals surface area contributed by atoms with Gasteiger partial charge in [0.2, 0.25) is 11.8 Å². The van der Waals surface area contributed by atoms with Crippen molar-refractivity contribution in [3.8, 4) is 0 Å². The van der Waals surface area contributed by atoms with Gasteiger partial charge in [-0.05, 0) is 0 Å². The topological polar surface area (TPSA) is 70.2 Å². The number of hydrogen-bond donors (Lipinski definition) is 3. The molecule has 0 aliphatic heterocycles. The summed E-state index contributed by atoms with van der Waals surface area (Å²) in [5, 5.41) is 5.28. The minimum absolute atomic E-state index is 0.582. The molecule has 0 spiro atoms. The molecule has 2 amide bonds. The molecule has 0 atom stereocenters. The largest absolute Gasteiger partial charge is 0.460 e. The number of nitrogens with one attached hydrogen (secondary N) is 3. The summed E-state index contributed by atoms with van der Waals surface area (Å²) in [5.41, 5.74) is 0. The quantitative estimate of drug-likeness (QED) is 0.0865. The van der Waals surface area contributed by atoms with Gasteiger partial charge in [-0.2, -0.15) is 114 Å². The molecule has 0 saturated heterocycles. The Kier molecular flexibility index (Phi) is 14.5. The monoisotopic (exact) mass is 851 g/mol. The van der Waals surface area contributed by atoms with Crippen molar-refractivity contribution in [2.45, 2.75) is 97.3 Å². The lowest BCUT2D eigenvalue weighted by atomic mass is 9.92. The van der Waals surface area contributed by atoms with Crippen LogP contribution >= 0.6 is 0 Å². The van der Waals surface area contributed by atoms with Crippen molar-refractivity contribution in [1.82, 2.24) is 16.0 Å². The maximum Gasteiger partial charge on any atom is 0.460 e. The van der Waals surface area contributed by atoms with Crippen molar-refractivity contribution in [2.24, 2.45) is 0 Å². The van der Waals surface area contributed by atoms with Crippen LogP contribution in [0.1, 0.15) is 25.7 Å². The number of amides is 2. The lowest BCUT2D eigenvalue weighted by Gasteiger charge is -2.39. The first kappa shape index (κ1) is 50.1. The van der Waals surface area contributed by atoms with E-state index >= 15 is 0 Å². The fourth-order valence-electron chi connectivity index (χ4n) is 3.34. The molecule has 0 radical (unpaired) electrons. The smallest absolute Gasteiger partial charge is 0.355 e. The van der Waals surface area contributed by atoms with Gasteiger partial charge in [0.15, 0.2) is 0 Å². The standard InChI is InChI=1S/C22H19F26N3O2/c23-11(24,13(27,28)15(31,32)17(35,36)19(39,40)21(43,44)45)3-1-9(52)50-7-5-49-6-8-51-10(53)2-4-12(25,26)14(29,30)16(33,34)18(37,38)20(41,42)22(46,47)48/h49H,1-8H2,(H,50,52)(H,51,53). The zero-order chi connectivity index (χ0) is 42.9. The average molecular weight is 851 g/mol. The van der Waals surface area contributed by atoms with Crippen molar-refractivity contribution < 1.29 is 124 Å². The van der Waals surface area contributed by atoms with Crippen LogP contribution in [0.2, 0.25) is 0 Å².